The smallest absolute Gasteiger partial charge is 0.173 e. The summed E-state index contributed by atoms with van der Waals surface area (Å²) >= 11 is 0. The number of benzene rings is 2. The van der Waals surface area contributed by atoms with Crippen molar-refractivity contribution < 1.29 is 19.4 Å². The lowest BCUT2D eigenvalue weighted by Crippen LogP contribution is -2.33. The molecule has 1 N–H and O–H groups in total. The summed E-state index contributed by atoms with van der Waals surface area (Å²) in [5.74, 6) is 0.756. The minimum Gasteiger partial charge on any atom is -0.511 e. The molecule has 2 bridgehead atoms. The van der Waals surface area contributed by atoms with Gasteiger partial charge in [-0.25, -0.2) is 0 Å². The number of fused-ring (bicyclic) bond motifs is 5. The number of aryl methyl sites for hydroxylation is 3. The predicted molar refractivity (Wildman–Crippen MR) is 120 cm³/mol. The minimum absolute atomic E-state index is 0.0624. The summed E-state index contributed by atoms with van der Waals surface area (Å²) in [5, 5.41) is 11.4. The lowest BCUT2D eigenvalue weighted by molar-refractivity contribution is -0.118. The van der Waals surface area contributed by atoms with E-state index in [0.29, 0.717) is 5.57 Å². The molecular weight excluding hydrogens is 388 g/mol. The quantitative estimate of drug-likeness (QED) is 0.728. The van der Waals surface area contributed by atoms with E-state index in [9.17, 15) is 9.90 Å². The highest BCUT2D eigenvalue weighted by Crippen LogP contribution is 2.58. The molecule has 31 heavy (non-hydrogen) atoms. The Morgan fingerprint density at radius 1 is 1.10 bits per heavy atom. The maximum atomic E-state index is 13.6. The molecule has 0 amide bonds. The molecule has 2 aromatic rings. The van der Waals surface area contributed by atoms with Crippen molar-refractivity contribution in [2.24, 2.45) is 11.8 Å². The molecule has 5 atom stereocenters. The lowest BCUT2D eigenvalue weighted by atomic mass is 9.72. The van der Waals surface area contributed by atoms with Gasteiger partial charge >= 0.3 is 0 Å². The highest BCUT2D eigenvalue weighted by molar-refractivity contribution is 6.26. The fourth-order valence-electron chi connectivity index (χ4n) is 6.13. The Balaban J connectivity index is 1.58. The molecule has 0 unspecified atom stereocenters. The van der Waals surface area contributed by atoms with Gasteiger partial charge in [0.05, 0.1) is 36.7 Å². The van der Waals surface area contributed by atoms with Crippen molar-refractivity contribution in [3.8, 4) is 5.75 Å². The fraction of sp³-hybridized carbons (Fsp3) is 0.444. The van der Waals surface area contributed by atoms with E-state index < -0.39 is 0 Å². The predicted octanol–water partition coefficient (Wildman–Crippen LogP) is 5.17. The van der Waals surface area contributed by atoms with Crippen molar-refractivity contribution in [2.75, 3.05) is 7.11 Å². The second-order valence-corrected chi connectivity index (χ2v) is 9.10. The third-order valence-electron chi connectivity index (χ3n) is 7.46. The van der Waals surface area contributed by atoms with Gasteiger partial charge < -0.3 is 14.6 Å². The highest BCUT2D eigenvalue weighted by atomic mass is 16.5. The number of hydrogen-bond acceptors (Lipinski definition) is 4. The van der Waals surface area contributed by atoms with Crippen LogP contribution < -0.4 is 4.74 Å². The van der Waals surface area contributed by atoms with Gasteiger partial charge in [-0.15, -0.1) is 0 Å². The van der Waals surface area contributed by atoms with Crippen molar-refractivity contribution >= 4 is 11.4 Å². The maximum absolute atomic E-state index is 13.6. The number of Topliss-reactive ketones (excluding diaryl/α,β-unsaturated/α-hetero) is 1. The Labute approximate surface area is 183 Å². The van der Waals surface area contributed by atoms with Gasteiger partial charge in [0.2, 0.25) is 0 Å². The molecule has 0 spiro atoms. The number of hydrogen-bond donors (Lipinski definition) is 1. The first-order chi connectivity index (χ1) is 15.0. The van der Waals surface area contributed by atoms with Gasteiger partial charge in [-0.05, 0) is 60.6 Å². The van der Waals surface area contributed by atoms with E-state index in [1.807, 2.05) is 18.2 Å². The largest absolute Gasteiger partial charge is 0.511 e. The van der Waals surface area contributed by atoms with E-state index in [2.05, 4.69) is 39.0 Å². The van der Waals surface area contributed by atoms with Crippen LogP contribution in [0.4, 0.5) is 0 Å². The van der Waals surface area contributed by atoms with Crippen molar-refractivity contribution in [1.29, 1.82) is 0 Å². The van der Waals surface area contributed by atoms with Crippen LogP contribution in [0.5, 0.6) is 5.75 Å². The van der Waals surface area contributed by atoms with Crippen molar-refractivity contribution in [1.82, 2.24) is 0 Å². The van der Waals surface area contributed by atoms with Gasteiger partial charge in [0.15, 0.2) is 5.78 Å². The monoisotopic (exact) mass is 418 g/mol. The molecule has 0 saturated carbocycles. The number of ether oxygens (including phenoxy) is 2. The minimum atomic E-state index is -0.266. The normalized spacial score (nSPS) is 29.0. The number of carbonyl (C=O) groups excluding carboxylic acids is 1. The molecule has 2 fully saturated rings. The second kappa shape index (κ2) is 7.52. The molecule has 5 rings (SSSR count). The summed E-state index contributed by atoms with van der Waals surface area (Å²) in [6.07, 6.45) is 2.15. The zero-order valence-electron chi connectivity index (χ0n) is 18.6. The molecule has 3 aliphatic rings. The first kappa shape index (κ1) is 20.3. The number of aliphatic hydroxyl groups excluding tert-OH is 1. The SMILES string of the molecule is CCc1cc(C)cc(CC)c1C1=C(O)[C@@H]2[C@@H]3O[C@@H](C[C@H]3c3cccc(OC)c3)[C@@H]2C1=O. The van der Waals surface area contributed by atoms with Crippen molar-refractivity contribution in [3.63, 3.8) is 0 Å². The zero-order valence-corrected chi connectivity index (χ0v) is 18.6. The molecule has 4 heteroatoms. The Morgan fingerprint density at radius 3 is 2.45 bits per heavy atom. The third kappa shape index (κ3) is 2.95. The van der Waals surface area contributed by atoms with Gasteiger partial charge in [-0.2, -0.15) is 0 Å². The van der Waals surface area contributed by atoms with Crippen LogP contribution in [0.15, 0.2) is 42.2 Å². The van der Waals surface area contributed by atoms with Crippen LogP contribution in [0, 0.1) is 18.8 Å². The Morgan fingerprint density at radius 2 is 1.81 bits per heavy atom. The Kier molecular flexibility index (Phi) is 4.93. The number of allylic oxidation sites excluding steroid dienone is 1. The van der Waals surface area contributed by atoms with Gasteiger partial charge in [0.1, 0.15) is 11.5 Å². The molecule has 4 nitrogen and oxygen atoms in total. The molecule has 1 aliphatic carbocycles. The number of ketones is 1. The van der Waals surface area contributed by atoms with Crippen LogP contribution in [0.1, 0.15) is 54.0 Å². The van der Waals surface area contributed by atoms with Gasteiger partial charge in [0, 0.05) is 5.92 Å². The molecule has 0 aromatic heterocycles. The Bertz CT molecular complexity index is 1060. The Hall–Kier alpha value is -2.59. The summed E-state index contributed by atoms with van der Waals surface area (Å²) in [5.41, 5.74) is 6.15. The van der Waals surface area contributed by atoms with E-state index in [0.717, 1.165) is 47.3 Å². The first-order valence-corrected chi connectivity index (χ1v) is 11.4. The molecule has 2 saturated heterocycles. The molecule has 2 aromatic carbocycles. The fourth-order valence-corrected chi connectivity index (χ4v) is 6.13. The van der Waals surface area contributed by atoms with Crippen LogP contribution in [0.3, 0.4) is 0 Å². The summed E-state index contributed by atoms with van der Waals surface area (Å²) < 4.78 is 11.7. The van der Waals surface area contributed by atoms with E-state index in [-0.39, 0.29) is 41.5 Å². The van der Waals surface area contributed by atoms with Crippen LogP contribution in [0.2, 0.25) is 0 Å². The van der Waals surface area contributed by atoms with Crippen molar-refractivity contribution in [2.45, 2.75) is 58.2 Å². The lowest BCUT2D eigenvalue weighted by Gasteiger charge is -2.28. The van der Waals surface area contributed by atoms with Gasteiger partial charge in [-0.3, -0.25) is 4.79 Å². The average Bonchev–Trinajstić information content (AvgIpc) is 3.45. The second-order valence-electron chi connectivity index (χ2n) is 9.10. The van der Waals surface area contributed by atoms with E-state index in [4.69, 9.17) is 9.47 Å². The summed E-state index contributed by atoms with van der Waals surface area (Å²) in [6.45, 7) is 6.32. The number of methoxy groups -OCH3 is 1. The van der Waals surface area contributed by atoms with E-state index in [1.54, 1.807) is 7.11 Å². The summed E-state index contributed by atoms with van der Waals surface area (Å²) in [7, 11) is 1.67. The molecule has 2 heterocycles. The molecule has 162 valence electrons. The topological polar surface area (TPSA) is 55.8 Å². The van der Waals surface area contributed by atoms with Gasteiger partial charge in [-0.1, -0.05) is 43.7 Å². The van der Waals surface area contributed by atoms with E-state index in [1.165, 1.54) is 5.56 Å². The molecular formula is C27H30O4. The third-order valence-corrected chi connectivity index (χ3v) is 7.46. The molecule has 0 radical (unpaired) electrons. The highest BCUT2D eigenvalue weighted by Gasteiger charge is 2.62. The number of carbonyl (C=O) groups is 1. The molecule has 2 aliphatic heterocycles. The van der Waals surface area contributed by atoms with Crippen LogP contribution in [-0.2, 0) is 22.4 Å². The number of rotatable bonds is 5. The standard InChI is InChI=1S/C27H30O4/c1-5-15-10-14(3)11-16(6-2)21(15)23-25(28)22-20-13-19(27(31-20)24(22)26(23)29)17-8-7-9-18(12-17)30-4/h7-12,19-20,22,24,27,29H,5-6,13H2,1-4H3/t19-,20-,22-,24+,27+/m0/s1. The number of aliphatic hydroxyl groups is 1. The average molecular weight is 419 g/mol. The van der Waals surface area contributed by atoms with Crippen LogP contribution >= 0.6 is 0 Å². The van der Waals surface area contributed by atoms with Crippen LogP contribution in [0.25, 0.3) is 5.57 Å². The zero-order chi connectivity index (χ0) is 21.9. The van der Waals surface area contributed by atoms with Gasteiger partial charge in [0.25, 0.3) is 0 Å². The maximum Gasteiger partial charge on any atom is 0.173 e. The van der Waals surface area contributed by atoms with E-state index >= 15 is 0 Å². The van der Waals surface area contributed by atoms with Crippen molar-refractivity contribution in [3.05, 3.63) is 70.0 Å². The van der Waals surface area contributed by atoms with Crippen LogP contribution in [-0.4, -0.2) is 30.2 Å². The first-order valence-electron chi connectivity index (χ1n) is 11.4. The summed E-state index contributed by atoms with van der Waals surface area (Å²) in [6, 6.07) is 12.4. The summed E-state index contributed by atoms with van der Waals surface area (Å²) in [4.78, 5) is 13.6.